The second-order valence-electron chi connectivity index (χ2n) is 7.94. The first kappa shape index (κ1) is 25.5. The molecular formula is C27H22BrFN2O4S. The molecule has 3 aromatic rings. The first-order valence-corrected chi connectivity index (χ1v) is 12.3. The van der Waals surface area contributed by atoms with Gasteiger partial charge in [-0.25, -0.2) is 9.29 Å². The predicted molar refractivity (Wildman–Crippen MR) is 143 cm³/mol. The van der Waals surface area contributed by atoms with Gasteiger partial charge in [-0.15, -0.1) is 0 Å². The molecule has 6 nitrogen and oxygen atoms in total. The first-order chi connectivity index (χ1) is 17.3. The maximum absolute atomic E-state index is 14.4. The van der Waals surface area contributed by atoms with Gasteiger partial charge in [-0.2, -0.15) is 0 Å². The van der Waals surface area contributed by atoms with Gasteiger partial charge in [0.15, 0.2) is 16.6 Å². The van der Waals surface area contributed by atoms with Crippen LogP contribution in [0.2, 0.25) is 0 Å². The Morgan fingerprint density at radius 3 is 2.53 bits per heavy atom. The van der Waals surface area contributed by atoms with Crippen molar-refractivity contribution in [2.45, 2.75) is 20.5 Å². The Kier molecular flexibility index (Phi) is 7.81. The number of nitrogens with zero attached hydrogens (tertiary/aromatic N) is 1. The van der Waals surface area contributed by atoms with Crippen molar-refractivity contribution >= 4 is 56.8 Å². The number of hydrogen-bond donors (Lipinski definition) is 1. The molecule has 0 aromatic heterocycles. The molecule has 2 amide bonds. The van der Waals surface area contributed by atoms with E-state index in [1.165, 1.54) is 24.3 Å². The third kappa shape index (κ3) is 5.47. The molecule has 1 N–H and O–H groups in total. The summed E-state index contributed by atoms with van der Waals surface area (Å²) >= 11 is 8.65. The van der Waals surface area contributed by atoms with E-state index in [0.29, 0.717) is 34.7 Å². The molecule has 36 heavy (non-hydrogen) atoms. The number of benzene rings is 3. The Bertz CT molecular complexity index is 1390. The molecule has 4 rings (SSSR count). The number of halogens is 2. The topological polar surface area (TPSA) is 67.9 Å². The Labute approximate surface area is 221 Å². The lowest BCUT2D eigenvalue weighted by Gasteiger charge is -2.29. The van der Waals surface area contributed by atoms with Gasteiger partial charge in [-0.05, 0) is 67.5 Å². The average molecular weight is 569 g/mol. The summed E-state index contributed by atoms with van der Waals surface area (Å²) < 4.78 is 26.8. The van der Waals surface area contributed by atoms with E-state index >= 15 is 0 Å². The van der Waals surface area contributed by atoms with Gasteiger partial charge in [0, 0.05) is 4.47 Å². The van der Waals surface area contributed by atoms with E-state index in [4.69, 9.17) is 21.7 Å². The third-order valence-corrected chi connectivity index (χ3v) is 6.31. The number of anilines is 1. The molecule has 1 heterocycles. The fourth-order valence-corrected chi connectivity index (χ4v) is 4.38. The number of ether oxygens (including phenoxy) is 2. The zero-order valence-electron chi connectivity index (χ0n) is 19.5. The van der Waals surface area contributed by atoms with Crippen LogP contribution >= 0.6 is 28.1 Å². The predicted octanol–water partition coefficient (Wildman–Crippen LogP) is 5.71. The highest BCUT2D eigenvalue weighted by Crippen LogP contribution is 2.36. The van der Waals surface area contributed by atoms with Crippen molar-refractivity contribution in [2.24, 2.45) is 0 Å². The molecule has 0 saturated carbocycles. The Balaban J connectivity index is 1.67. The minimum Gasteiger partial charge on any atom is -0.490 e. The fourth-order valence-electron chi connectivity index (χ4n) is 3.67. The summed E-state index contributed by atoms with van der Waals surface area (Å²) in [6.07, 6.45) is 1.41. The van der Waals surface area contributed by atoms with Crippen molar-refractivity contribution in [2.75, 3.05) is 11.5 Å². The molecule has 184 valence electrons. The van der Waals surface area contributed by atoms with Crippen LogP contribution in [0.3, 0.4) is 0 Å². The maximum Gasteiger partial charge on any atom is 0.270 e. The van der Waals surface area contributed by atoms with Gasteiger partial charge in [-0.3, -0.25) is 14.9 Å². The zero-order chi connectivity index (χ0) is 25.8. The normalized spacial score (nSPS) is 14.7. The van der Waals surface area contributed by atoms with E-state index in [0.717, 1.165) is 16.0 Å². The Hall–Kier alpha value is -3.56. The van der Waals surface area contributed by atoms with Crippen molar-refractivity contribution < 1.29 is 23.5 Å². The molecule has 0 unspecified atom stereocenters. The van der Waals surface area contributed by atoms with Crippen LogP contribution in [0.15, 0.2) is 70.7 Å². The molecule has 1 aliphatic heterocycles. The summed E-state index contributed by atoms with van der Waals surface area (Å²) in [5.41, 5.74) is 2.38. The number of nitrogens with one attached hydrogen (secondary N) is 1. The van der Waals surface area contributed by atoms with E-state index in [9.17, 15) is 14.0 Å². The minimum absolute atomic E-state index is 0.0487. The summed E-state index contributed by atoms with van der Waals surface area (Å²) in [6.45, 7) is 4.57. The van der Waals surface area contributed by atoms with Crippen molar-refractivity contribution in [1.29, 1.82) is 0 Å². The summed E-state index contributed by atoms with van der Waals surface area (Å²) in [5, 5.41) is 2.27. The number of aryl methyl sites for hydroxylation is 1. The van der Waals surface area contributed by atoms with E-state index in [2.05, 4.69) is 21.2 Å². The van der Waals surface area contributed by atoms with Crippen LogP contribution in [0.5, 0.6) is 11.5 Å². The van der Waals surface area contributed by atoms with Crippen LogP contribution in [0, 0.1) is 12.7 Å². The molecule has 0 atom stereocenters. The minimum atomic E-state index is -0.738. The van der Waals surface area contributed by atoms with Gasteiger partial charge in [0.05, 0.1) is 12.3 Å². The number of carbonyl (C=O) groups is 2. The number of rotatable bonds is 7. The highest BCUT2D eigenvalue weighted by Gasteiger charge is 2.35. The number of hydrogen-bond acceptors (Lipinski definition) is 5. The van der Waals surface area contributed by atoms with E-state index < -0.39 is 17.6 Å². The molecule has 1 saturated heterocycles. The molecule has 9 heteroatoms. The molecule has 0 radical (unpaired) electrons. The van der Waals surface area contributed by atoms with E-state index in [1.54, 1.807) is 18.2 Å². The maximum atomic E-state index is 14.4. The van der Waals surface area contributed by atoms with Gasteiger partial charge in [0.2, 0.25) is 0 Å². The molecule has 1 aliphatic rings. The fraction of sp³-hybridized carbons (Fsp3) is 0.148. The van der Waals surface area contributed by atoms with Gasteiger partial charge < -0.3 is 9.47 Å². The molecule has 1 fully saturated rings. The quantitative estimate of drug-likeness (QED) is 0.225. The molecule has 0 aliphatic carbocycles. The molecule has 3 aromatic carbocycles. The number of thiocarbonyl (C=S) groups is 1. The van der Waals surface area contributed by atoms with Gasteiger partial charge >= 0.3 is 0 Å². The van der Waals surface area contributed by atoms with Gasteiger partial charge in [0.1, 0.15) is 18.0 Å². The lowest BCUT2D eigenvalue weighted by atomic mass is 10.1. The number of para-hydroxylation sites is 1. The zero-order valence-corrected chi connectivity index (χ0v) is 21.9. The van der Waals surface area contributed by atoms with Crippen molar-refractivity contribution in [3.8, 4) is 11.5 Å². The second-order valence-corrected chi connectivity index (χ2v) is 9.18. The summed E-state index contributed by atoms with van der Waals surface area (Å²) in [4.78, 5) is 26.9. The van der Waals surface area contributed by atoms with Crippen molar-refractivity contribution in [3.63, 3.8) is 0 Å². The van der Waals surface area contributed by atoms with Crippen LogP contribution < -0.4 is 19.7 Å². The Morgan fingerprint density at radius 2 is 1.81 bits per heavy atom. The molecule has 0 bridgehead atoms. The molecular weight excluding hydrogens is 547 g/mol. The summed E-state index contributed by atoms with van der Waals surface area (Å²) in [6, 6.07) is 17.1. The average Bonchev–Trinajstić information content (AvgIpc) is 2.83. The highest BCUT2D eigenvalue weighted by molar-refractivity contribution is 9.10. The van der Waals surface area contributed by atoms with E-state index in [1.807, 2.05) is 38.1 Å². The van der Waals surface area contributed by atoms with Crippen LogP contribution in [-0.2, 0) is 16.2 Å². The monoisotopic (exact) mass is 568 g/mol. The van der Waals surface area contributed by atoms with E-state index in [-0.39, 0.29) is 16.4 Å². The van der Waals surface area contributed by atoms with Crippen molar-refractivity contribution in [3.05, 3.63) is 93.2 Å². The number of amides is 2. The lowest BCUT2D eigenvalue weighted by molar-refractivity contribution is -0.122. The van der Waals surface area contributed by atoms with Crippen LogP contribution in [0.1, 0.15) is 23.6 Å². The summed E-state index contributed by atoms with van der Waals surface area (Å²) in [7, 11) is 0. The van der Waals surface area contributed by atoms with Crippen molar-refractivity contribution in [1.82, 2.24) is 5.32 Å². The van der Waals surface area contributed by atoms with Crippen LogP contribution in [-0.4, -0.2) is 23.5 Å². The van der Waals surface area contributed by atoms with Crippen LogP contribution in [0.4, 0.5) is 10.1 Å². The Morgan fingerprint density at radius 1 is 1.06 bits per heavy atom. The first-order valence-electron chi connectivity index (χ1n) is 11.1. The second kappa shape index (κ2) is 11.0. The standard InChI is InChI=1S/C27H22BrFN2O4S/c1-3-34-23-13-18(20(28)14-24(23)35-15-17-8-6-7-16(2)11-17)12-19-25(32)30-27(36)31(26(19)33)22-10-5-4-9-21(22)29/h4-14H,3,15H2,1-2H3,(H,30,32,36)/b19-12+. The number of carbonyl (C=O) groups excluding carboxylic acids is 2. The summed E-state index contributed by atoms with van der Waals surface area (Å²) in [5.74, 6) is -1.11. The van der Waals surface area contributed by atoms with Crippen LogP contribution in [0.25, 0.3) is 6.08 Å². The third-order valence-electron chi connectivity index (χ3n) is 5.33. The molecule has 0 spiro atoms. The smallest absolute Gasteiger partial charge is 0.270 e. The largest absolute Gasteiger partial charge is 0.490 e. The van der Waals surface area contributed by atoms with Gasteiger partial charge in [-0.1, -0.05) is 57.9 Å². The highest BCUT2D eigenvalue weighted by atomic mass is 79.9. The van der Waals surface area contributed by atoms with Gasteiger partial charge in [0.25, 0.3) is 11.8 Å². The SMILES string of the molecule is CCOc1cc(/C=C2\C(=O)NC(=S)N(c3ccccc3F)C2=O)c(Br)cc1OCc1cccc(C)c1. The lowest BCUT2D eigenvalue weighted by Crippen LogP contribution is -2.54.